The van der Waals surface area contributed by atoms with Gasteiger partial charge in [-0.1, -0.05) is 109 Å². The minimum absolute atomic E-state index is 0.884. The molecule has 2 nitrogen and oxygen atoms in total. The Morgan fingerprint density at radius 1 is 0.622 bits per heavy atom. The smallest absolute Gasteiger partial charge is 0.138 e. The van der Waals surface area contributed by atoms with Crippen molar-refractivity contribution in [3.05, 3.63) is 160 Å². The van der Waals surface area contributed by atoms with E-state index in [9.17, 15) is 0 Å². The Kier molecular flexibility index (Phi) is 6.00. The van der Waals surface area contributed by atoms with Crippen molar-refractivity contribution in [1.29, 1.82) is 0 Å². The number of fused-ring (bicyclic) bond motifs is 1. The van der Waals surface area contributed by atoms with Gasteiger partial charge in [0.1, 0.15) is 11.5 Å². The number of benzene rings is 4. The van der Waals surface area contributed by atoms with Gasteiger partial charge in [-0.05, 0) is 53.8 Å². The zero-order valence-corrected chi connectivity index (χ0v) is 21.0. The number of rotatable bonds is 4. The van der Waals surface area contributed by atoms with Crippen LogP contribution in [0.25, 0.3) is 22.7 Å². The fraction of sp³-hybridized carbons (Fsp3) is 0.0571. The lowest BCUT2D eigenvalue weighted by Gasteiger charge is -2.27. The van der Waals surface area contributed by atoms with Crippen LogP contribution in [0.4, 0.5) is 5.69 Å². The van der Waals surface area contributed by atoms with Gasteiger partial charge in [0.15, 0.2) is 0 Å². The van der Waals surface area contributed by atoms with Crippen molar-refractivity contribution >= 4 is 34.6 Å². The van der Waals surface area contributed by atoms with Gasteiger partial charge in [0, 0.05) is 28.5 Å². The van der Waals surface area contributed by atoms with Gasteiger partial charge in [-0.25, -0.2) is 0 Å². The third-order valence-corrected chi connectivity index (χ3v) is 6.96. The van der Waals surface area contributed by atoms with Crippen LogP contribution in [-0.4, -0.2) is 6.21 Å². The largest absolute Gasteiger partial charge is 0.456 e. The Morgan fingerprint density at radius 3 is 1.73 bits per heavy atom. The summed E-state index contributed by atoms with van der Waals surface area (Å²) in [4.78, 5) is 4.72. The van der Waals surface area contributed by atoms with Crippen LogP contribution in [0.1, 0.15) is 36.1 Å². The molecule has 0 radical (unpaired) electrons. The highest BCUT2D eigenvalue weighted by atomic mass is 16.5. The van der Waals surface area contributed by atoms with E-state index >= 15 is 0 Å². The lowest BCUT2D eigenvalue weighted by atomic mass is 9.87. The summed E-state index contributed by atoms with van der Waals surface area (Å²) in [6.07, 6.45) is 4.32. The quantitative estimate of drug-likeness (QED) is 0.287. The predicted octanol–water partition coefficient (Wildman–Crippen LogP) is 9.13. The molecule has 2 aliphatic heterocycles. The van der Waals surface area contributed by atoms with Gasteiger partial charge in [0.25, 0.3) is 0 Å². The second-order valence-corrected chi connectivity index (χ2v) is 9.27. The van der Waals surface area contributed by atoms with Gasteiger partial charge < -0.3 is 4.74 Å². The first-order valence-electron chi connectivity index (χ1n) is 12.6. The summed E-state index contributed by atoms with van der Waals surface area (Å²) < 4.78 is 6.66. The summed E-state index contributed by atoms with van der Waals surface area (Å²) in [6, 6.07) is 39.6. The van der Waals surface area contributed by atoms with Crippen LogP contribution in [0.5, 0.6) is 0 Å². The minimum atomic E-state index is 0.884. The van der Waals surface area contributed by atoms with E-state index in [0.29, 0.717) is 0 Å². The molecule has 0 aromatic heterocycles. The maximum atomic E-state index is 6.66. The fourth-order valence-corrected chi connectivity index (χ4v) is 5.04. The molecule has 4 aromatic rings. The van der Waals surface area contributed by atoms with Crippen LogP contribution >= 0.6 is 0 Å². The van der Waals surface area contributed by atoms with Crippen molar-refractivity contribution in [2.75, 3.05) is 0 Å². The second-order valence-electron chi connectivity index (χ2n) is 9.27. The third kappa shape index (κ3) is 4.28. The molecule has 0 spiro atoms. The highest BCUT2D eigenvalue weighted by molar-refractivity contribution is 6.26. The van der Waals surface area contributed by atoms with E-state index < -0.39 is 0 Å². The van der Waals surface area contributed by atoms with Crippen molar-refractivity contribution in [3.63, 3.8) is 0 Å². The Bertz CT molecular complexity index is 1560. The molecule has 0 saturated carbocycles. The first-order valence-corrected chi connectivity index (χ1v) is 12.6. The number of para-hydroxylation sites is 1. The molecule has 0 saturated heterocycles. The van der Waals surface area contributed by atoms with E-state index in [0.717, 1.165) is 67.3 Å². The molecule has 178 valence electrons. The maximum Gasteiger partial charge on any atom is 0.138 e. The van der Waals surface area contributed by atoms with Crippen LogP contribution in [0, 0.1) is 0 Å². The summed E-state index contributed by atoms with van der Waals surface area (Å²) in [6.45, 7) is 4.31. The first-order chi connectivity index (χ1) is 18.2. The van der Waals surface area contributed by atoms with Crippen molar-refractivity contribution in [3.8, 4) is 0 Å². The van der Waals surface area contributed by atoms with E-state index in [-0.39, 0.29) is 0 Å². The molecule has 2 heteroatoms. The Morgan fingerprint density at radius 2 is 1.14 bits per heavy atom. The second kappa shape index (κ2) is 9.75. The highest BCUT2D eigenvalue weighted by Gasteiger charge is 2.25. The predicted molar refractivity (Wildman–Crippen MR) is 155 cm³/mol. The van der Waals surface area contributed by atoms with Gasteiger partial charge in [0.2, 0.25) is 0 Å². The zero-order valence-electron chi connectivity index (χ0n) is 21.0. The van der Waals surface area contributed by atoms with Gasteiger partial charge in [-0.15, -0.1) is 0 Å². The number of aliphatic imine (C=N–C) groups is 1. The lowest BCUT2D eigenvalue weighted by Crippen LogP contribution is -2.08. The Labute approximate surface area is 218 Å². The number of allylic oxidation sites excluding steroid dienone is 6. The summed E-state index contributed by atoms with van der Waals surface area (Å²) in [5, 5.41) is 0. The van der Waals surface area contributed by atoms with Crippen molar-refractivity contribution in [2.45, 2.75) is 13.8 Å². The molecule has 6 rings (SSSR count). The molecule has 0 unspecified atom stereocenters. The van der Waals surface area contributed by atoms with Crippen LogP contribution in [0.3, 0.4) is 0 Å². The maximum absolute atomic E-state index is 6.66. The molecule has 4 aromatic carbocycles. The normalized spacial score (nSPS) is 16.0. The van der Waals surface area contributed by atoms with Crippen LogP contribution in [0.2, 0.25) is 0 Å². The fourth-order valence-electron chi connectivity index (χ4n) is 5.04. The van der Waals surface area contributed by atoms with Crippen LogP contribution < -0.4 is 0 Å². The van der Waals surface area contributed by atoms with E-state index in [4.69, 9.17) is 9.73 Å². The van der Waals surface area contributed by atoms with E-state index in [1.807, 2.05) is 24.4 Å². The molecule has 0 N–H and O–H groups in total. The van der Waals surface area contributed by atoms with Gasteiger partial charge >= 0.3 is 0 Å². The molecule has 0 bridgehead atoms. The van der Waals surface area contributed by atoms with Crippen LogP contribution in [0.15, 0.2) is 143 Å². The number of ether oxygens (including phenoxy) is 1. The van der Waals surface area contributed by atoms with Gasteiger partial charge in [-0.3, -0.25) is 4.99 Å². The molecule has 2 aliphatic rings. The molecular weight excluding hydrogens is 450 g/mol. The summed E-state index contributed by atoms with van der Waals surface area (Å²) in [5.74, 6) is 1.77. The summed E-state index contributed by atoms with van der Waals surface area (Å²) in [5.41, 5.74) is 11.1. The highest BCUT2D eigenvalue weighted by Crippen LogP contribution is 2.43. The minimum Gasteiger partial charge on any atom is -0.456 e. The van der Waals surface area contributed by atoms with Crippen molar-refractivity contribution in [2.24, 2.45) is 4.99 Å². The SMILES string of the molecule is CC1=C(c2ccccc2)OC(c2ccccc2)=C(C)C1=C/C(=C1/C=Nc2ccccc21)c1ccccc1. The van der Waals surface area contributed by atoms with E-state index in [2.05, 4.69) is 117 Å². The number of hydrogen-bond donors (Lipinski definition) is 0. The summed E-state index contributed by atoms with van der Waals surface area (Å²) in [7, 11) is 0. The van der Waals surface area contributed by atoms with Crippen molar-refractivity contribution in [1.82, 2.24) is 0 Å². The molecular formula is C35H27NO. The van der Waals surface area contributed by atoms with E-state index in [1.54, 1.807) is 0 Å². The average Bonchev–Trinajstić information content (AvgIpc) is 3.39. The molecule has 37 heavy (non-hydrogen) atoms. The average molecular weight is 478 g/mol. The number of nitrogens with zero attached hydrogens (tertiary/aromatic N) is 1. The molecule has 0 aliphatic carbocycles. The van der Waals surface area contributed by atoms with Gasteiger partial charge in [-0.2, -0.15) is 0 Å². The molecule has 0 fully saturated rings. The number of hydrogen-bond acceptors (Lipinski definition) is 2. The van der Waals surface area contributed by atoms with E-state index in [1.165, 1.54) is 0 Å². The monoisotopic (exact) mass is 477 g/mol. The Balaban J connectivity index is 1.63. The Hall–Kier alpha value is -4.69. The molecule has 0 atom stereocenters. The molecule has 0 amide bonds. The van der Waals surface area contributed by atoms with Crippen LogP contribution in [-0.2, 0) is 4.74 Å². The zero-order chi connectivity index (χ0) is 25.2. The third-order valence-electron chi connectivity index (χ3n) is 6.96. The lowest BCUT2D eigenvalue weighted by molar-refractivity contribution is 0.458. The summed E-state index contributed by atoms with van der Waals surface area (Å²) >= 11 is 0. The van der Waals surface area contributed by atoms with Gasteiger partial charge in [0.05, 0.1) is 5.69 Å². The standard InChI is InChI=1S/C35H27NO/c1-24-30(22-31(26-14-6-3-7-15-26)32-23-36-33-21-13-12-20-29(32)33)25(2)35(28-18-10-5-11-19-28)37-34(24)27-16-8-4-9-17-27/h3-23H,1-2H3/b32-31+. The van der Waals surface area contributed by atoms with Crippen molar-refractivity contribution < 1.29 is 4.74 Å². The topological polar surface area (TPSA) is 21.6 Å². The first kappa shape index (κ1) is 22.8. The molecule has 2 heterocycles.